The summed E-state index contributed by atoms with van der Waals surface area (Å²) < 4.78 is 1.15. The topological polar surface area (TPSA) is 29.3 Å². The van der Waals surface area contributed by atoms with Gasteiger partial charge in [0.2, 0.25) is 0 Å². The predicted molar refractivity (Wildman–Crippen MR) is 79.3 cm³/mol. The fraction of sp³-hybridized carbons (Fsp3) is 0.600. The van der Waals surface area contributed by atoms with Crippen LogP contribution in [0.2, 0.25) is 0 Å². The predicted octanol–water partition coefficient (Wildman–Crippen LogP) is 3.65. The first-order valence-corrected chi connectivity index (χ1v) is 7.76. The summed E-state index contributed by atoms with van der Waals surface area (Å²) >= 11 is 3.63. The van der Waals surface area contributed by atoms with Crippen molar-refractivity contribution in [3.05, 3.63) is 28.2 Å². The molecular weight excluding hydrogens is 288 g/mol. The van der Waals surface area contributed by atoms with Gasteiger partial charge < -0.3 is 5.73 Å². The Labute approximate surface area is 118 Å². The van der Waals surface area contributed by atoms with Gasteiger partial charge in [0.15, 0.2) is 0 Å². The van der Waals surface area contributed by atoms with E-state index < -0.39 is 0 Å². The average molecular weight is 309 g/mol. The number of rotatable bonds is 6. The van der Waals surface area contributed by atoms with E-state index in [4.69, 9.17) is 5.73 Å². The molecule has 0 atom stereocenters. The molecule has 98 valence electrons. The van der Waals surface area contributed by atoms with Crippen LogP contribution in [0.15, 0.2) is 22.7 Å². The molecule has 0 unspecified atom stereocenters. The smallest absolute Gasteiger partial charge is 0.0325 e. The Morgan fingerprint density at radius 3 is 2.22 bits per heavy atom. The Balaban J connectivity index is 1.65. The first kappa shape index (κ1) is 12.5. The molecule has 1 aromatic rings. The van der Waals surface area contributed by atoms with Crippen molar-refractivity contribution in [2.24, 2.45) is 11.8 Å². The third kappa shape index (κ3) is 3.48. The van der Waals surface area contributed by atoms with Gasteiger partial charge in [-0.2, -0.15) is 0 Å². The van der Waals surface area contributed by atoms with Crippen LogP contribution < -0.4 is 5.73 Å². The van der Waals surface area contributed by atoms with E-state index >= 15 is 0 Å². The summed E-state index contributed by atoms with van der Waals surface area (Å²) in [5, 5.41) is 0. The van der Waals surface area contributed by atoms with Gasteiger partial charge in [0.05, 0.1) is 0 Å². The number of halogens is 1. The molecule has 2 fully saturated rings. The fourth-order valence-corrected chi connectivity index (χ4v) is 2.99. The van der Waals surface area contributed by atoms with Crippen LogP contribution in [0.5, 0.6) is 0 Å². The highest BCUT2D eigenvalue weighted by Crippen LogP contribution is 2.34. The van der Waals surface area contributed by atoms with Crippen LogP contribution >= 0.6 is 15.9 Å². The van der Waals surface area contributed by atoms with Gasteiger partial charge in [-0.25, -0.2) is 0 Å². The molecule has 2 nitrogen and oxygen atoms in total. The second-order valence-corrected chi connectivity index (χ2v) is 6.79. The highest BCUT2D eigenvalue weighted by Gasteiger charge is 2.29. The van der Waals surface area contributed by atoms with Crippen LogP contribution in [0, 0.1) is 11.8 Å². The Morgan fingerprint density at radius 2 is 1.72 bits per heavy atom. The standard InChI is InChI=1S/C15H21BrN2/c16-15-7-14(17)6-5-13(15)10-18(8-11-1-2-11)9-12-3-4-12/h5-7,11-12H,1-4,8-10,17H2. The molecule has 2 N–H and O–H groups in total. The van der Waals surface area contributed by atoms with Gasteiger partial charge in [-0.05, 0) is 55.2 Å². The number of nitrogen functional groups attached to an aromatic ring is 1. The van der Waals surface area contributed by atoms with Gasteiger partial charge in [-0.3, -0.25) is 4.90 Å². The summed E-state index contributed by atoms with van der Waals surface area (Å²) in [6.45, 7) is 3.63. The van der Waals surface area contributed by atoms with E-state index in [1.54, 1.807) is 0 Å². The lowest BCUT2D eigenvalue weighted by Gasteiger charge is -2.23. The molecule has 0 bridgehead atoms. The van der Waals surface area contributed by atoms with Crippen LogP contribution in [0.4, 0.5) is 5.69 Å². The van der Waals surface area contributed by atoms with Crippen molar-refractivity contribution in [1.29, 1.82) is 0 Å². The number of hydrogen-bond acceptors (Lipinski definition) is 2. The number of benzene rings is 1. The summed E-state index contributed by atoms with van der Waals surface area (Å²) in [4.78, 5) is 2.64. The van der Waals surface area contributed by atoms with Crippen LogP contribution in [-0.4, -0.2) is 18.0 Å². The lowest BCUT2D eigenvalue weighted by atomic mass is 10.2. The summed E-state index contributed by atoms with van der Waals surface area (Å²) in [5.74, 6) is 1.94. The minimum absolute atomic E-state index is 0.835. The van der Waals surface area contributed by atoms with Crippen LogP contribution in [0.25, 0.3) is 0 Å². The summed E-state index contributed by atoms with van der Waals surface area (Å²) in [6, 6.07) is 6.18. The second-order valence-electron chi connectivity index (χ2n) is 5.93. The molecule has 0 saturated heterocycles. The lowest BCUT2D eigenvalue weighted by molar-refractivity contribution is 0.244. The molecule has 3 rings (SSSR count). The molecule has 0 aliphatic heterocycles. The Hall–Kier alpha value is -0.540. The van der Waals surface area contributed by atoms with Crippen molar-refractivity contribution in [3.8, 4) is 0 Å². The second kappa shape index (κ2) is 5.22. The van der Waals surface area contributed by atoms with Gasteiger partial charge in [-0.1, -0.05) is 22.0 Å². The van der Waals surface area contributed by atoms with Crippen molar-refractivity contribution >= 4 is 21.6 Å². The molecule has 2 aliphatic rings. The van der Waals surface area contributed by atoms with Crippen LogP contribution in [-0.2, 0) is 6.54 Å². The number of nitrogens with two attached hydrogens (primary N) is 1. The summed E-state index contributed by atoms with van der Waals surface area (Å²) in [5.41, 5.74) is 8.00. The maximum absolute atomic E-state index is 5.80. The maximum atomic E-state index is 5.80. The van der Waals surface area contributed by atoms with E-state index in [0.717, 1.165) is 28.5 Å². The van der Waals surface area contributed by atoms with Gasteiger partial charge in [0, 0.05) is 29.8 Å². The van der Waals surface area contributed by atoms with Crippen molar-refractivity contribution in [2.45, 2.75) is 32.2 Å². The third-order valence-corrected chi connectivity index (χ3v) is 4.64. The van der Waals surface area contributed by atoms with E-state index in [1.165, 1.54) is 44.3 Å². The van der Waals surface area contributed by atoms with E-state index in [2.05, 4.69) is 26.9 Å². The Morgan fingerprint density at radius 1 is 1.11 bits per heavy atom. The van der Waals surface area contributed by atoms with Gasteiger partial charge >= 0.3 is 0 Å². The van der Waals surface area contributed by atoms with Crippen LogP contribution in [0.1, 0.15) is 31.2 Å². The Kier molecular flexibility index (Phi) is 3.62. The van der Waals surface area contributed by atoms with Crippen molar-refractivity contribution in [2.75, 3.05) is 18.8 Å². The van der Waals surface area contributed by atoms with E-state index in [9.17, 15) is 0 Å². The number of nitrogens with zero attached hydrogens (tertiary/aromatic N) is 1. The maximum Gasteiger partial charge on any atom is 0.0325 e. The van der Waals surface area contributed by atoms with Gasteiger partial charge in [0.25, 0.3) is 0 Å². The molecule has 0 heterocycles. The largest absolute Gasteiger partial charge is 0.399 e. The van der Waals surface area contributed by atoms with Crippen molar-refractivity contribution in [3.63, 3.8) is 0 Å². The number of anilines is 1. The molecular formula is C15H21BrN2. The molecule has 0 aromatic heterocycles. The molecule has 2 aliphatic carbocycles. The van der Waals surface area contributed by atoms with E-state index in [-0.39, 0.29) is 0 Å². The normalized spacial score (nSPS) is 19.4. The van der Waals surface area contributed by atoms with Crippen molar-refractivity contribution < 1.29 is 0 Å². The molecule has 2 saturated carbocycles. The zero-order valence-electron chi connectivity index (χ0n) is 10.7. The lowest BCUT2D eigenvalue weighted by Crippen LogP contribution is -2.28. The summed E-state index contributed by atoms with van der Waals surface area (Å²) in [6.07, 6.45) is 5.74. The molecule has 18 heavy (non-hydrogen) atoms. The van der Waals surface area contributed by atoms with Gasteiger partial charge in [0.1, 0.15) is 0 Å². The summed E-state index contributed by atoms with van der Waals surface area (Å²) in [7, 11) is 0. The molecule has 0 radical (unpaired) electrons. The third-order valence-electron chi connectivity index (χ3n) is 3.90. The van der Waals surface area contributed by atoms with Gasteiger partial charge in [-0.15, -0.1) is 0 Å². The Bertz CT molecular complexity index is 411. The SMILES string of the molecule is Nc1ccc(CN(CC2CC2)CC2CC2)c(Br)c1. The minimum Gasteiger partial charge on any atom is -0.399 e. The van der Waals surface area contributed by atoms with E-state index in [1.807, 2.05) is 12.1 Å². The molecule has 3 heteroatoms. The zero-order chi connectivity index (χ0) is 12.5. The highest BCUT2D eigenvalue weighted by molar-refractivity contribution is 9.10. The number of hydrogen-bond donors (Lipinski definition) is 1. The van der Waals surface area contributed by atoms with E-state index in [0.29, 0.717) is 0 Å². The quantitative estimate of drug-likeness (QED) is 0.813. The van der Waals surface area contributed by atoms with Crippen molar-refractivity contribution in [1.82, 2.24) is 4.90 Å². The highest BCUT2D eigenvalue weighted by atomic mass is 79.9. The molecule has 1 aromatic carbocycles. The fourth-order valence-electron chi connectivity index (χ4n) is 2.47. The first-order valence-electron chi connectivity index (χ1n) is 6.97. The first-order chi connectivity index (χ1) is 8.70. The molecule has 0 amide bonds. The van der Waals surface area contributed by atoms with Crippen LogP contribution in [0.3, 0.4) is 0 Å². The molecule has 0 spiro atoms. The monoisotopic (exact) mass is 308 g/mol. The zero-order valence-corrected chi connectivity index (χ0v) is 12.3. The minimum atomic E-state index is 0.835. The average Bonchev–Trinajstić information content (AvgIpc) is 3.18.